The summed E-state index contributed by atoms with van der Waals surface area (Å²) in [7, 11) is 0. The summed E-state index contributed by atoms with van der Waals surface area (Å²) in [5.41, 5.74) is 2.16. The van der Waals surface area contributed by atoms with Crippen LogP contribution in [0.4, 0.5) is 0 Å². The first-order chi connectivity index (χ1) is 22.7. The van der Waals surface area contributed by atoms with Crippen molar-refractivity contribution in [2.75, 3.05) is 0 Å². The molecular formula is C42H42O4. The molecule has 234 valence electrons. The number of rotatable bonds is 15. The van der Waals surface area contributed by atoms with Crippen molar-refractivity contribution in [3.8, 4) is 0 Å². The third kappa shape index (κ3) is 7.74. The van der Waals surface area contributed by atoms with Gasteiger partial charge in [-0.05, 0) is 68.1 Å². The van der Waals surface area contributed by atoms with Gasteiger partial charge in [0.15, 0.2) is 0 Å². The van der Waals surface area contributed by atoms with E-state index in [0.717, 1.165) is 106 Å². The van der Waals surface area contributed by atoms with Gasteiger partial charge < -0.3 is 9.47 Å². The van der Waals surface area contributed by atoms with Crippen molar-refractivity contribution in [1.29, 1.82) is 0 Å². The summed E-state index contributed by atoms with van der Waals surface area (Å²) in [5.74, 6) is -0.255. The number of hydrogen-bond acceptors (Lipinski definition) is 4. The molecule has 6 aromatic rings. The second kappa shape index (κ2) is 15.5. The molecule has 0 unspecified atom stereocenters. The zero-order valence-corrected chi connectivity index (χ0v) is 26.5. The molecule has 0 aliphatic carbocycles. The molecule has 0 aromatic heterocycles. The lowest BCUT2D eigenvalue weighted by Crippen LogP contribution is -2.05. The Kier molecular flexibility index (Phi) is 10.6. The second-order valence-electron chi connectivity index (χ2n) is 12.2. The summed E-state index contributed by atoms with van der Waals surface area (Å²) in [6, 6.07) is 37.5. The van der Waals surface area contributed by atoms with Crippen LogP contribution in [0.5, 0.6) is 0 Å². The predicted octanol–water partition coefficient (Wildman–Crippen LogP) is 11.0. The van der Waals surface area contributed by atoms with Crippen LogP contribution in [-0.4, -0.2) is 11.9 Å². The molecule has 0 N–H and O–H groups in total. The van der Waals surface area contributed by atoms with Gasteiger partial charge in [0.05, 0.1) is 0 Å². The summed E-state index contributed by atoms with van der Waals surface area (Å²) in [6.45, 7) is 0.600. The highest BCUT2D eigenvalue weighted by molar-refractivity contribution is 6.03. The zero-order valence-electron chi connectivity index (χ0n) is 26.5. The maximum atomic E-state index is 12.5. The first-order valence-corrected chi connectivity index (χ1v) is 16.8. The Morgan fingerprint density at radius 2 is 0.674 bits per heavy atom. The molecule has 6 aromatic carbocycles. The number of hydrogen-bond donors (Lipinski definition) is 0. The second-order valence-corrected chi connectivity index (χ2v) is 12.2. The SMILES string of the molecule is O=C(CCCCCCCCCCC(=O)OCc1c2ccccc2cc2ccccc12)OCc1c2ccccc2cc2ccccc12. The lowest BCUT2D eigenvalue weighted by Gasteiger charge is -2.12. The van der Waals surface area contributed by atoms with Gasteiger partial charge in [0, 0.05) is 24.0 Å². The van der Waals surface area contributed by atoms with Gasteiger partial charge >= 0.3 is 11.9 Å². The van der Waals surface area contributed by atoms with Crippen LogP contribution < -0.4 is 0 Å². The lowest BCUT2D eigenvalue weighted by atomic mass is 9.97. The van der Waals surface area contributed by atoms with Crippen LogP contribution in [0, 0.1) is 0 Å². The maximum absolute atomic E-state index is 12.5. The first-order valence-electron chi connectivity index (χ1n) is 16.8. The highest BCUT2D eigenvalue weighted by Gasteiger charge is 2.12. The summed E-state index contributed by atoms with van der Waals surface area (Å²) >= 11 is 0. The fourth-order valence-corrected chi connectivity index (χ4v) is 6.58. The van der Waals surface area contributed by atoms with Gasteiger partial charge in [0.1, 0.15) is 13.2 Å². The fourth-order valence-electron chi connectivity index (χ4n) is 6.58. The highest BCUT2D eigenvalue weighted by Crippen LogP contribution is 2.30. The molecule has 0 spiro atoms. The molecule has 0 bridgehead atoms. The number of fused-ring (bicyclic) bond motifs is 4. The van der Waals surface area contributed by atoms with Crippen molar-refractivity contribution in [3.05, 3.63) is 120 Å². The van der Waals surface area contributed by atoms with Gasteiger partial charge in [-0.2, -0.15) is 0 Å². The molecule has 4 nitrogen and oxygen atoms in total. The van der Waals surface area contributed by atoms with Crippen molar-refractivity contribution in [1.82, 2.24) is 0 Å². The molecule has 0 saturated carbocycles. The minimum atomic E-state index is -0.127. The topological polar surface area (TPSA) is 52.6 Å². The Balaban J connectivity index is 0.840. The molecule has 0 radical (unpaired) electrons. The smallest absolute Gasteiger partial charge is 0.306 e. The first kappa shape index (κ1) is 31.3. The van der Waals surface area contributed by atoms with Crippen LogP contribution in [-0.2, 0) is 32.3 Å². The number of esters is 2. The van der Waals surface area contributed by atoms with E-state index in [1.165, 1.54) is 0 Å². The standard InChI is InChI=1S/C42H42O4/c43-41(45-29-39-35-21-13-9-17-31(35)27-32-18-10-14-22-36(32)39)25-7-5-3-1-2-4-6-8-26-42(44)46-30-40-37-23-15-11-19-33(37)28-34-20-12-16-24-38(34)40/h9-24,27-28H,1-8,25-26,29-30H2. The van der Waals surface area contributed by atoms with Crippen LogP contribution in [0.25, 0.3) is 43.1 Å². The third-order valence-corrected chi connectivity index (χ3v) is 9.03. The van der Waals surface area contributed by atoms with E-state index in [4.69, 9.17) is 9.47 Å². The van der Waals surface area contributed by atoms with E-state index in [9.17, 15) is 9.59 Å². The number of carbonyl (C=O) groups is 2. The van der Waals surface area contributed by atoms with Crippen molar-refractivity contribution in [2.45, 2.75) is 77.4 Å². The van der Waals surface area contributed by atoms with Crippen molar-refractivity contribution < 1.29 is 19.1 Å². The molecule has 0 fully saturated rings. The molecular weight excluding hydrogens is 568 g/mol. The van der Waals surface area contributed by atoms with E-state index in [1.54, 1.807) is 0 Å². The summed E-state index contributed by atoms with van der Waals surface area (Å²) < 4.78 is 11.5. The van der Waals surface area contributed by atoms with Gasteiger partial charge in [-0.3, -0.25) is 9.59 Å². The lowest BCUT2D eigenvalue weighted by molar-refractivity contribution is -0.145. The number of ether oxygens (including phenoxy) is 2. The van der Waals surface area contributed by atoms with E-state index in [0.29, 0.717) is 26.1 Å². The minimum Gasteiger partial charge on any atom is -0.461 e. The van der Waals surface area contributed by atoms with E-state index >= 15 is 0 Å². The Morgan fingerprint density at radius 1 is 0.391 bits per heavy atom. The molecule has 6 rings (SSSR count). The van der Waals surface area contributed by atoms with Gasteiger partial charge in [0.2, 0.25) is 0 Å². The maximum Gasteiger partial charge on any atom is 0.306 e. The molecule has 4 heteroatoms. The summed E-state index contributed by atoms with van der Waals surface area (Å²) in [6.07, 6.45) is 9.21. The molecule has 0 saturated heterocycles. The van der Waals surface area contributed by atoms with Crippen LogP contribution in [0.2, 0.25) is 0 Å². The van der Waals surface area contributed by atoms with Crippen LogP contribution >= 0.6 is 0 Å². The molecule has 46 heavy (non-hydrogen) atoms. The largest absolute Gasteiger partial charge is 0.461 e. The quantitative estimate of drug-likeness (QED) is 0.0659. The average Bonchev–Trinajstić information content (AvgIpc) is 3.09. The molecule has 0 heterocycles. The zero-order chi connectivity index (χ0) is 31.6. The van der Waals surface area contributed by atoms with Gasteiger partial charge in [-0.1, -0.05) is 136 Å². The van der Waals surface area contributed by atoms with Gasteiger partial charge in [-0.15, -0.1) is 0 Å². The normalized spacial score (nSPS) is 11.4. The monoisotopic (exact) mass is 610 g/mol. The highest BCUT2D eigenvalue weighted by atomic mass is 16.5. The van der Waals surface area contributed by atoms with Gasteiger partial charge in [0.25, 0.3) is 0 Å². The Bertz CT molecular complexity index is 1710. The predicted molar refractivity (Wildman–Crippen MR) is 189 cm³/mol. The fraction of sp³-hybridized carbons (Fsp3) is 0.286. The van der Waals surface area contributed by atoms with Crippen molar-refractivity contribution in [3.63, 3.8) is 0 Å². The van der Waals surface area contributed by atoms with E-state index in [1.807, 2.05) is 48.5 Å². The molecule has 0 aliphatic heterocycles. The van der Waals surface area contributed by atoms with E-state index in [2.05, 4.69) is 60.7 Å². The van der Waals surface area contributed by atoms with Crippen LogP contribution in [0.1, 0.15) is 75.3 Å². The third-order valence-electron chi connectivity index (χ3n) is 9.03. The van der Waals surface area contributed by atoms with Crippen LogP contribution in [0.3, 0.4) is 0 Å². The molecule has 0 atom stereocenters. The minimum absolute atomic E-state index is 0.127. The molecule has 0 aliphatic rings. The van der Waals surface area contributed by atoms with Crippen LogP contribution in [0.15, 0.2) is 109 Å². The Morgan fingerprint density at radius 3 is 1.00 bits per heavy atom. The average molecular weight is 611 g/mol. The van der Waals surface area contributed by atoms with E-state index < -0.39 is 0 Å². The van der Waals surface area contributed by atoms with Crippen molar-refractivity contribution in [2.24, 2.45) is 0 Å². The van der Waals surface area contributed by atoms with E-state index in [-0.39, 0.29) is 11.9 Å². The Hall–Kier alpha value is -4.70. The summed E-state index contributed by atoms with van der Waals surface area (Å²) in [4.78, 5) is 25.1. The summed E-state index contributed by atoms with van der Waals surface area (Å²) in [5, 5.41) is 9.22. The number of benzene rings is 6. The Labute approximate surface area is 271 Å². The van der Waals surface area contributed by atoms with Gasteiger partial charge in [-0.25, -0.2) is 0 Å². The number of unbranched alkanes of at least 4 members (excludes halogenated alkanes) is 7. The van der Waals surface area contributed by atoms with Crippen molar-refractivity contribution >= 4 is 55.0 Å². The molecule has 0 amide bonds. The number of carbonyl (C=O) groups excluding carboxylic acids is 2.